The molecular formula is C24H29F2N3O2. The van der Waals surface area contributed by atoms with Crippen LogP contribution in [0, 0.1) is 29.6 Å². The molecule has 0 bridgehead atoms. The molecule has 7 heteroatoms. The van der Waals surface area contributed by atoms with E-state index in [1.807, 2.05) is 0 Å². The Morgan fingerprint density at radius 1 is 1.16 bits per heavy atom. The highest BCUT2D eigenvalue weighted by molar-refractivity contribution is 6.03. The minimum Gasteiger partial charge on any atom is -0.364 e. The third-order valence-corrected chi connectivity index (χ3v) is 8.16. The number of fused-ring (bicyclic) bond motifs is 2. The number of carbonyl (C=O) groups is 1. The quantitative estimate of drug-likeness (QED) is 0.747. The zero-order chi connectivity index (χ0) is 21.9. The van der Waals surface area contributed by atoms with Gasteiger partial charge in [0.05, 0.1) is 10.9 Å². The van der Waals surface area contributed by atoms with Gasteiger partial charge in [0.25, 0.3) is 5.91 Å². The molecular weight excluding hydrogens is 400 g/mol. The number of pyridine rings is 2. The molecule has 3 N–H and O–H groups in total. The minimum atomic E-state index is -2.49. The molecule has 6 atom stereocenters. The van der Waals surface area contributed by atoms with Crippen LogP contribution in [0.4, 0.5) is 8.78 Å². The average molecular weight is 430 g/mol. The van der Waals surface area contributed by atoms with Crippen LogP contribution < -0.4 is 11.2 Å². The third kappa shape index (κ3) is 3.66. The first kappa shape index (κ1) is 20.6. The largest absolute Gasteiger partial charge is 0.364 e. The Morgan fingerprint density at radius 3 is 2.55 bits per heavy atom. The summed E-state index contributed by atoms with van der Waals surface area (Å²) in [7, 11) is 0. The van der Waals surface area contributed by atoms with Gasteiger partial charge in [-0.2, -0.15) is 0 Å². The molecule has 3 aliphatic carbocycles. The number of rotatable bonds is 3. The van der Waals surface area contributed by atoms with Gasteiger partial charge >= 0.3 is 0 Å². The molecule has 3 saturated carbocycles. The van der Waals surface area contributed by atoms with Gasteiger partial charge in [0.15, 0.2) is 5.43 Å². The molecule has 3 fully saturated rings. The number of aromatic nitrogens is 2. The van der Waals surface area contributed by atoms with E-state index in [4.69, 9.17) is 5.73 Å². The van der Waals surface area contributed by atoms with Gasteiger partial charge in [0.1, 0.15) is 5.69 Å². The van der Waals surface area contributed by atoms with Gasteiger partial charge in [-0.05, 0) is 61.3 Å². The van der Waals surface area contributed by atoms with Crippen molar-refractivity contribution in [2.24, 2.45) is 35.3 Å². The predicted molar refractivity (Wildman–Crippen MR) is 114 cm³/mol. The Balaban J connectivity index is 1.48. The van der Waals surface area contributed by atoms with Gasteiger partial charge in [0, 0.05) is 36.7 Å². The number of H-pyrrole nitrogens is 1. The molecule has 3 aliphatic rings. The van der Waals surface area contributed by atoms with Crippen molar-refractivity contribution in [3.63, 3.8) is 0 Å². The number of halogens is 2. The molecule has 5 rings (SSSR count). The number of hydrogen-bond donors (Lipinski definition) is 2. The summed E-state index contributed by atoms with van der Waals surface area (Å²) in [6.45, 7) is 2.26. The summed E-state index contributed by atoms with van der Waals surface area (Å²) in [5.41, 5.74) is 6.61. The maximum absolute atomic E-state index is 13.8. The topological polar surface area (TPSA) is 88.8 Å². The van der Waals surface area contributed by atoms with Gasteiger partial charge < -0.3 is 10.7 Å². The van der Waals surface area contributed by atoms with E-state index >= 15 is 0 Å². The summed E-state index contributed by atoms with van der Waals surface area (Å²) in [6.07, 6.45) is 6.44. The zero-order valence-electron chi connectivity index (χ0n) is 17.7. The van der Waals surface area contributed by atoms with Crippen LogP contribution in [0.15, 0.2) is 23.1 Å². The highest BCUT2D eigenvalue weighted by Crippen LogP contribution is 2.57. The highest BCUT2D eigenvalue weighted by Gasteiger charge is 2.52. The highest BCUT2D eigenvalue weighted by atomic mass is 19.3. The molecule has 0 radical (unpaired) electrons. The summed E-state index contributed by atoms with van der Waals surface area (Å²) < 4.78 is 27.7. The number of nitrogens with zero attached hydrogens (tertiary/aromatic N) is 1. The van der Waals surface area contributed by atoms with Crippen LogP contribution in [0.3, 0.4) is 0 Å². The maximum Gasteiger partial charge on any atom is 0.268 e. The first-order valence-corrected chi connectivity index (χ1v) is 11.4. The summed E-state index contributed by atoms with van der Waals surface area (Å²) in [6, 6.07) is 3.31. The third-order valence-electron chi connectivity index (χ3n) is 8.16. The Labute approximate surface area is 179 Å². The van der Waals surface area contributed by atoms with Gasteiger partial charge in [-0.15, -0.1) is 0 Å². The van der Waals surface area contributed by atoms with Crippen molar-refractivity contribution in [2.45, 2.75) is 63.7 Å². The normalized spacial score (nSPS) is 34.7. The lowest BCUT2D eigenvalue weighted by Crippen LogP contribution is -2.30. The minimum absolute atomic E-state index is 0.0105. The summed E-state index contributed by atoms with van der Waals surface area (Å²) in [5.74, 6) is -1.33. The van der Waals surface area contributed by atoms with E-state index in [0.29, 0.717) is 23.3 Å². The first-order valence-electron chi connectivity index (χ1n) is 11.4. The van der Waals surface area contributed by atoms with Crippen molar-refractivity contribution in [1.29, 1.82) is 0 Å². The lowest BCUT2D eigenvalue weighted by atomic mass is 9.67. The van der Waals surface area contributed by atoms with Gasteiger partial charge in [-0.3, -0.25) is 14.6 Å². The molecule has 0 saturated heterocycles. The second kappa shape index (κ2) is 7.38. The second-order valence-corrected chi connectivity index (χ2v) is 10.2. The van der Waals surface area contributed by atoms with E-state index in [2.05, 4.69) is 16.9 Å². The fourth-order valence-corrected chi connectivity index (χ4v) is 6.90. The van der Waals surface area contributed by atoms with E-state index in [1.165, 1.54) is 6.20 Å². The maximum atomic E-state index is 13.8. The van der Waals surface area contributed by atoms with Gasteiger partial charge in [-0.1, -0.05) is 13.3 Å². The molecule has 166 valence electrons. The molecule has 0 aliphatic heterocycles. The molecule has 0 aromatic carbocycles. The first-order chi connectivity index (χ1) is 14.7. The second-order valence-electron chi connectivity index (χ2n) is 10.2. The number of aromatic amines is 1. The number of amides is 1. The Kier molecular flexibility index (Phi) is 4.90. The van der Waals surface area contributed by atoms with Crippen LogP contribution >= 0.6 is 0 Å². The van der Waals surface area contributed by atoms with Crippen molar-refractivity contribution in [3.8, 4) is 0 Å². The molecule has 31 heavy (non-hydrogen) atoms. The molecule has 2 aromatic rings. The Hall–Kier alpha value is -2.31. The fourth-order valence-electron chi connectivity index (χ4n) is 6.90. The smallest absolute Gasteiger partial charge is 0.268 e. The predicted octanol–water partition coefficient (Wildman–Crippen LogP) is 4.61. The number of hydrogen-bond acceptors (Lipinski definition) is 3. The van der Waals surface area contributed by atoms with Crippen LogP contribution in [0.2, 0.25) is 0 Å². The Bertz CT molecular complexity index is 1070. The Morgan fingerprint density at radius 2 is 1.87 bits per heavy atom. The standard InChI is InChI=1S/C24H29F2N3O2/c1-12-2-3-16(17(6-12)13-7-14-10-24(25,26)11-15(14)8-13)19-9-20(30)21-18(29-19)4-5-28-22(21)23(27)31/h4-5,9,12-17H,2-3,6-8,10-11H2,1H3,(H2,27,31)(H,29,30)/t12-,13?,14-,15+,16+,17?/m0/s1. The van der Waals surface area contributed by atoms with E-state index in [1.54, 1.807) is 12.1 Å². The number of carbonyl (C=O) groups excluding carboxylic acids is 1. The molecule has 2 heterocycles. The van der Waals surface area contributed by atoms with Crippen LogP contribution in [0.5, 0.6) is 0 Å². The van der Waals surface area contributed by atoms with Crippen LogP contribution in [0.25, 0.3) is 10.9 Å². The van der Waals surface area contributed by atoms with E-state index in [0.717, 1.165) is 37.8 Å². The van der Waals surface area contributed by atoms with Crippen molar-refractivity contribution in [3.05, 3.63) is 39.9 Å². The fraction of sp³-hybridized carbons (Fsp3) is 0.625. The van der Waals surface area contributed by atoms with Crippen molar-refractivity contribution in [1.82, 2.24) is 9.97 Å². The summed E-state index contributed by atoms with van der Waals surface area (Å²) >= 11 is 0. The summed E-state index contributed by atoms with van der Waals surface area (Å²) in [5, 5.41) is 0.233. The lowest BCUT2D eigenvalue weighted by molar-refractivity contribution is -0.00307. The monoisotopic (exact) mass is 429 g/mol. The SMILES string of the molecule is C[C@H]1CC[C@@H](c2cc(=O)c3c(C(N)=O)nccc3[nH]2)C(C2C[C@@H]3CC(F)(F)C[C@@H]3C2)C1. The van der Waals surface area contributed by atoms with Crippen molar-refractivity contribution in [2.75, 3.05) is 0 Å². The van der Waals surface area contributed by atoms with Crippen molar-refractivity contribution < 1.29 is 13.6 Å². The molecule has 2 unspecified atom stereocenters. The lowest BCUT2D eigenvalue weighted by Gasteiger charge is -2.39. The molecule has 2 aromatic heterocycles. The van der Waals surface area contributed by atoms with E-state index in [9.17, 15) is 18.4 Å². The van der Waals surface area contributed by atoms with Crippen LogP contribution in [-0.2, 0) is 0 Å². The van der Waals surface area contributed by atoms with E-state index in [-0.39, 0.29) is 47.1 Å². The van der Waals surface area contributed by atoms with Crippen LogP contribution in [-0.4, -0.2) is 21.8 Å². The zero-order valence-corrected chi connectivity index (χ0v) is 17.7. The number of nitrogens with one attached hydrogen (secondary N) is 1. The van der Waals surface area contributed by atoms with Gasteiger partial charge in [-0.25, -0.2) is 8.78 Å². The van der Waals surface area contributed by atoms with Crippen LogP contribution in [0.1, 0.15) is 74.0 Å². The van der Waals surface area contributed by atoms with Crippen molar-refractivity contribution >= 4 is 16.8 Å². The average Bonchev–Trinajstić information content (AvgIpc) is 3.20. The number of primary amides is 1. The van der Waals surface area contributed by atoms with Gasteiger partial charge in [0.2, 0.25) is 5.92 Å². The summed E-state index contributed by atoms with van der Waals surface area (Å²) in [4.78, 5) is 32.0. The van der Waals surface area contributed by atoms with E-state index < -0.39 is 11.8 Å². The molecule has 5 nitrogen and oxygen atoms in total. The number of alkyl halides is 2. The molecule has 1 amide bonds. The molecule has 0 spiro atoms. The number of nitrogens with two attached hydrogens (primary N) is 1.